The Balaban J connectivity index is 2.96. The van der Waals surface area contributed by atoms with Crippen LogP contribution in [0.4, 0.5) is 13.2 Å². The largest absolute Gasteiger partial charge is 0.601 e. The van der Waals surface area contributed by atoms with Gasteiger partial charge in [0.15, 0.2) is 10.4 Å². The summed E-state index contributed by atoms with van der Waals surface area (Å²) in [7, 11) is -2.46. The molecule has 1 aromatic heterocycles. The first-order valence-corrected chi connectivity index (χ1v) is 5.70. The Hall–Kier alpha value is -1.76. The van der Waals surface area contributed by atoms with Crippen LogP contribution >= 0.6 is 10.5 Å². The molecule has 1 atom stereocenters. The fourth-order valence-corrected chi connectivity index (χ4v) is 3.43. The number of nitrogens with two attached hydrogens (primary N) is 1. The van der Waals surface area contributed by atoms with Gasteiger partial charge in [-0.05, 0) is 12.1 Å². The summed E-state index contributed by atoms with van der Waals surface area (Å²) >= 11 is 0. The predicted molar refractivity (Wildman–Crippen MR) is 57.9 cm³/mol. The number of amides is 1. The monoisotopic (exact) mass is 262 g/mol. The van der Waals surface area contributed by atoms with Crippen LogP contribution < -0.4 is 5.73 Å². The standard InChI is InChI=1S/C10H6F3NO2S/c11-10(12,13)17-6-4-2-1-3-5(6)7(15)8(17)9(14)16/h1-4H,(H2-,14,15,16)/p+1. The average Bonchev–Trinajstić information content (AvgIpc) is 2.52. The number of primary amides is 1. The van der Waals surface area contributed by atoms with Crippen molar-refractivity contribution in [2.45, 2.75) is 5.51 Å². The molecule has 1 aromatic carbocycles. The third-order valence-corrected chi connectivity index (χ3v) is 4.30. The molecule has 0 aliphatic heterocycles. The maximum absolute atomic E-state index is 12.9. The Morgan fingerprint density at radius 1 is 1.29 bits per heavy atom. The van der Waals surface area contributed by atoms with E-state index in [-0.39, 0.29) is 10.1 Å². The second-order valence-electron chi connectivity index (χ2n) is 3.29. The lowest BCUT2D eigenvalue weighted by molar-refractivity contribution is -0.0867. The van der Waals surface area contributed by atoms with E-state index in [1.165, 1.54) is 24.3 Å². The van der Waals surface area contributed by atoms with Gasteiger partial charge in [0.25, 0.3) is 4.88 Å². The van der Waals surface area contributed by atoms with Gasteiger partial charge in [0.2, 0.25) is 0 Å². The summed E-state index contributed by atoms with van der Waals surface area (Å²) < 4.78 is 38.5. The molecule has 90 valence electrons. The lowest BCUT2D eigenvalue weighted by Gasteiger charge is -1.97. The summed E-state index contributed by atoms with van der Waals surface area (Å²) in [6.07, 6.45) is 0. The van der Waals surface area contributed by atoms with E-state index in [1.54, 1.807) is 0 Å². The van der Waals surface area contributed by atoms with Crippen molar-refractivity contribution in [2.24, 2.45) is 5.73 Å². The van der Waals surface area contributed by atoms with Gasteiger partial charge in [-0.2, -0.15) is 0 Å². The van der Waals surface area contributed by atoms with E-state index in [1.807, 2.05) is 0 Å². The SMILES string of the molecule is NC(=O)c1c(O)c2ccccc2[s+]1C(F)(F)F. The second kappa shape index (κ2) is 3.63. The minimum atomic E-state index is -4.63. The third-order valence-electron chi connectivity index (χ3n) is 2.24. The average molecular weight is 262 g/mol. The molecule has 0 saturated carbocycles. The van der Waals surface area contributed by atoms with Gasteiger partial charge >= 0.3 is 11.4 Å². The van der Waals surface area contributed by atoms with Crippen LogP contribution in [0.1, 0.15) is 9.67 Å². The van der Waals surface area contributed by atoms with Crippen LogP contribution in [0.3, 0.4) is 0 Å². The predicted octanol–water partition coefficient (Wildman–Crippen LogP) is 2.87. The first-order chi connectivity index (χ1) is 7.84. The van der Waals surface area contributed by atoms with Crippen LogP contribution in [-0.2, 0) is 5.51 Å². The highest BCUT2D eigenvalue weighted by Crippen LogP contribution is 2.54. The van der Waals surface area contributed by atoms with Crippen LogP contribution in [0.5, 0.6) is 5.75 Å². The number of halogens is 3. The van der Waals surface area contributed by atoms with Crippen LogP contribution in [0.25, 0.3) is 10.1 Å². The number of hydrogen-bond donors (Lipinski definition) is 2. The van der Waals surface area contributed by atoms with Crippen molar-refractivity contribution in [3.05, 3.63) is 29.1 Å². The summed E-state index contributed by atoms with van der Waals surface area (Å²) in [6, 6.07) is 5.46. The van der Waals surface area contributed by atoms with Gasteiger partial charge in [-0.1, -0.05) is 12.1 Å². The van der Waals surface area contributed by atoms with Crippen molar-refractivity contribution in [2.75, 3.05) is 0 Å². The highest BCUT2D eigenvalue weighted by Gasteiger charge is 2.51. The van der Waals surface area contributed by atoms with Crippen LogP contribution in [0.2, 0.25) is 0 Å². The van der Waals surface area contributed by atoms with Crippen molar-refractivity contribution in [3.8, 4) is 5.75 Å². The van der Waals surface area contributed by atoms with Crippen LogP contribution in [0, 0.1) is 0 Å². The zero-order valence-corrected chi connectivity index (χ0v) is 9.10. The van der Waals surface area contributed by atoms with Crippen molar-refractivity contribution >= 4 is 26.5 Å². The van der Waals surface area contributed by atoms with Gasteiger partial charge in [0.1, 0.15) is 10.5 Å². The number of rotatable bonds is 1. The molecule has 0 radical (unpaired) electrons. The number of alkyl halides is 3. The summed E-state index contributed by atoms with van der Waals surface area (Å²) in [4.78, 5) is 10.3. The zero-order valence-electron chi connectivity index (χ0n) is 8.28. The summed E-state index contributed by atoms with van der Waals surface area (Å²) in [6.45, 7) is 0. The fourth-order valence-electron chi connectivity index (χ4n) is 1.63. The van der Waals surface area contributed by atoms with Crippen LogP contribution in [-0.4, -0.2) is 11.0 Å². The van der Waals surface area contributed by atoms with Gasteiger partial charge in [-0.25, -0.2) is 0 Å². The molecule has 17 heavy (non-hydrogen) atoms. The first kappa shape index (κ1) is 11.7. The number of fused-ring (bicyclic) bond motifs is 1. The Kier molecular flexibility index (Phi) is 2.50. The van der Waals surface area contributed by atoms with E-state index in [0.29, 0.717) is 0 Å². The number of carbonyl (C=O) groups is 1. The number of thiophene rings is 1. The number of benzene rings is 1. The summed E-state index contributed by atoms with van der Waals surface area (Å²) in [5.41, 5.74) is 0.271. The Labute approximate surface area is 96.2 Å². The smallest absolute Gasteiger partial charge is 0.502 e. The molecule has 3 N–H and O–H groups in total. The zero-order chi connectivity index (χ0) is 12.8. The molecule has 2 aromatic rings. The molecule has 7 heteroatoms. The number of hydrogen-bond acceptors (Lipinski definition) is 2. The number of aromatic hydroxyl groups is 1. The first-order valence-electron chi connectivity index (χ1n) is 4.47. The highest BCUT2D eigenvalue weighted by atomic mass is 32.2. The molecule has 0 saturated heterocycles. The third kappa shape index (κ3) is 1.72. The van der Waals surface area contributed by atoms with E-state index in [4.69, 9.17) is 5.73 Å². The molecule has 0 aliphatic rings. The van der Waals surface area contributed by atoms with E-state index in [9.17, 15) is 23.1 Å². The molecule has 1 unspecified atom stereocenters. The highest BCUT2D eigenvalue weighted by molar-refractivity contribution is 7.40. The quantitative estimate of drug-likeness (QED) is 0.776. The van der Waals surface area contributed by atoms with Gasteiger partial charge < -0.3 is 10.8 Å². The molecule has 0 fully saturated rings. The molecule has 1 heterocycles. The minimum Gasteiger partial charge on any atom is -0.502 e. The molecule has 0 spiro atoms. The van der Waals surface area contributed by atoms with Crippen molar-refractivity contribution in [1.82, 2.24) is 0 Å². The molecular formula is C10H7F3NO2S+. The van der Waals surface area contributed by atoms with Crippen molar-refractivity contribution in [1.29, 1.82) is 0 Å². The van der Waals surface area contributed by atoms with Crippen molar-refractivity contribution in [3.63, 3.8) is 0 Å². The maximum Gasteiger partial charge on any atom is 0.601 e. The lowest BCUT2D eigenvalue weighted by atomic mass is 10.2. The lowest BCUT2D eigenvalue weighted by Crippen LogP contribution is -2.12. The van der Waals surface area contributed by atoms with E-state index >= 15 is 0 Å². The Morgan fingerprint density at radius 3 is 2.41 bits per heavy atom. The van der Waals surface area contributed by atoms with E-state index in [2.05, 4.69) is 0 Å². The Morgan fingerprint density at radius 2 is 1.88 bits per heavy atom. The summed E-state index contributed by atoms with van der Waals surface area (Å²) in [5, 5.41) is 9.65. The van der Waals surface area contributed by atoms with Gasteiger partial charge in [-0.15, -0.1) is 13.2 Å². The van der Waals surface area contributed by atoms with Gasteiger partial charge in [0.05, 0.1) is 5.39 Å². The second-order valence-corrected chi connectivity index (χ2v) is 5.21. The Bertz CT molecular complexity index is 603. The molecule has 0 bridgehead atoms. The van der Waals surface area contributed by atoms with Crippen LogP contribution in [0.15, 0.2) is 24.3 Å². The molecular weight excluding hydrogens is 255 g/mol. The van der Waals surface area contributed by atoms with Gasteiger partial charge in [-0.3, -0.25) is 4.79 Å². The fraction of sp³-hybridized carbons (Fsp3) is 0.100. The van der Waals surface area contributed by atoms with Crippen molar-refractivity contribution < 1.29 is 23.1 Å². The molecule has 0 aliphatic carbocycles. The molecule has 3 nitrogen and oxygen atoms in total. The maximum atomic E-state index is 12.9. The normalized spacial score (nSPS) is 13.0. The van der Waals surface area contributed by atoms with E-state index in [0.717, 1.165) is 0 Å². The topological polar surface area (TPSA) is 63.3 Å². The molecule has 1 amide bonds. The van der Waals surface area contributed by atoms with Gasteiger partial charge in [0, 0.05) is 0 Å². The van der Waals surface area contributed by atoms with E-state index < -0.39 is 32.5 Å². The molecule has 2 rings (SSSR count). The minimum absolute atomic E-state index is 0.0157. The number of carbonyl (C=O) groups excluding carboxylic acids is 1. The summed E-state index contributed by atoms with van der Waals surface area (Å²) in [5.74, 6) is -1.92.